The number of oxime groups is 1. The number of phenolic OH excluding ortho intramolecular Hbond substituents is 1. The third-order valence-electron chi connectivity index (χ3n) is 8.65. The van der Waals surface area contributed by atoms with Crippen LogP contribution < -0.4 is 5.32 Å². The van der Waals surface area contributed by atoms with E-state index in [2.05, 4.69) is 28.4 Å². The van der Waals surface area contributed by atoms with Crippen LogP contribution in [0.2, 0.25) is 0 Å². The number of fused-ring (bicyclic) bond motifs is 5. The molecule has 3 unspecified atom stereocenters. The van der Waals surface area contributed by atoms with E-state index >= 15 is 0 Å². The predicted molar refractivity (Wildman–Crippen MR) is 135 cm³/mol. The number of rotatable bonds is 5. The quantitative estimate of drug-likeness (QED) is 0.534. The fraction of sp³-hybridized carbons (Fsp3) is 0.556. The highest BCUT2D eigenvalue weighted by molar-refractivity contribution is 7.15. The van der Waals surface area contributed by atoms with Gasteiger partial charge in [0.2, 0.25) is 5.91 Å². The number of carbonyl (C=O) groups is 1. The van der Waals surface area contributed by atoms with Crippen molar-refractivity contribution < 1.29 is 14.7 Å². The summed E-state index contributed by atoms with van der Waals surface area (Å²) in [5.74, 6) is 1.66. The van der Waals surface area contributed by atoms with E-state index in [1.54, 1.807) is 19.4 Å². The van der Waals surface area contributed by atoms with Gasteiger partial charge in [0.15, 0.2) is 5.13 Å². The minimum atomic E-state index is -0.0444. The third kappa shape index (κ3) is 4.20. The number of hydrogen-bond donors (Lipinski definition) is 2. The van der Waals surface area contributed by atoms with Crippen LogP contribution in [0.5, 0.6) is 5.75 Å². The van der Waals surface area contributed by atoms with Gasteiger partial charge >= 0.3 is 0 Å². The molecule has 0 radical (unpaired) electrons. The van der Waals surface area contributed by atoms with Crippen LogP contribution in [0.25, 0.3) is 0 Å². The number of hydrogen-bond acceptors (Lipinski definition) is 7. The fourth-order valence-electron chi connectivity index (χ4n) is 7.21. The van der Waals surface area contributed by atoms with Gasteiger partial charge in [0, 0.05) is 22.9 Å². The van der Waals surface area contributed by atoms with Gasteiger partial charge in [0.25, 0.3) is 0 Å². The van der Waals surface area contributed by atoms with Gasteiger partial charge in [0.1, 0.15) is 18.9 Å². The third-order valence-corrected chi connectivity index (χ3v) is 9.48. The van der Waals surface area contributed by atoms with Crippen LogP contribution in [-0.2, 0) is 16.1 Å². The zero-order chi connectivity index (χ0) is 24.7. The Labute approximate surface area is 210 Å². The molecular formula is C27H32N4O3S. The van der Waals surface area contributed by atoms with E-state index in [9.17, 15) is 15.2 Å². The maximum Gasteiger partial charge on any atom is 0.226 e. The predicted octanol–water partition coefficient (Wildman–Crippen LogP) is 5.53. The lowest BCUT2D eigenvalue weighted by molar-refractivity contribution is -0.116. The number of carbonyl (C=O) groups excluding carboxylic acids is 1. The van der Waals surface area contributed by atoms with E-state index in [-0.39, 0.29) is 17.1 Å². The Hall–Kier alpha value is -2.92. The maximum absolute atomic E-state index is 12.7. The van der Waals surface area contributed by atoms with Gasteiger partial charge in [-0.1, -0.05) is 12.1 Å². The first-order valence-electron chi connectivity index (χ1n) is 12.4. The molecular weight excluding hydrogens is 460 g/mol. The van der Waals surface area contributed by atoms with E-state index in [0.717, 1.165) is 49.1 Å². The van der Waals surface area contributed by atoms with Crippen LogP contribution in [0.4, 0.5) is 5.13 Å². The molecule has 2 N–H and O–H groups in total. The van der Waals surface area contributed by atoms with Crippen LogP contribution >= 0.6 is 11.3 Å². The summed E-state index contributed by atoms with van der Waals surface area (Å²) < 4.78 is 0. The largest absolute Gasteiger partial charge is 0.507 e. The molecule has 3 aliphatic carbocycles. The van der Waals surface area contributed by atoms with Crippen molar-refractivity contribution in [1.29, 1.82) is 5.26 Å². The highest BCUT2D eigenvalue weighted by Crippen LogP contribution is 2.62. The highest BCUT2D eigenvalue weighted by Gasteiger charge is 2.57. The maximum atomic E-state index is 12.7. The van der Waals surface area contributed by atoms with Crippen molar-refractivity contribution in [3.63, 3.8) is 0 Å². The van der Waals surface area contributed by atoms with Crippen LogP contribution in [-0.4, -0.2) is 28.8 Å². The lowest BCUT2D eigenvalue weighted by Crippen LogP contribution is -2.44. The van der Waals surface area contributed by atoms with Gasteiger partial charge < -0.3 is 15.3 Å². The topological polar surface area (TPSA) is 108 Å². The summed E-state index contributed by atoms with van der Waals surface area (Å²) in [4.78, 5) is 23.3. The van der Waals surface area contributed by atoms with Crippen molar-refractivity contribution in [3.05, 3.63) is 39.9 Å². The smallest absolute Gasteiger partial charge is 0.226 e. The molecule has 5 rings (SSSR count). The summed E-state index contributed by atoms with van der Waals surface area (Å²) in [7, 11) is 1.61. The molecule has 0 spiro atoms. The molecule has 1 aromatic carbocycles. The van der Waals surface area contributed by atoms with Crippen molar-refractivity contribution in [2.75, 3.05) is 12.4 Å². The van der Waals surface area contributed by atoms with Crippen LogP contribution in [0.3, 0.4) is 0 Å². The first-order chi connectivity index (χ1) is 16.8. The number of aryl methyl sites for hydroxylation is 2. The summed E-state index contributed by atoms with van der Waals surface area (Å²) in [5.41, 5.74) is 3.84. The molecule has 8 heteroatoms. The molecule has 1 heterocycles. The molecule has 7 nitrogen and oxygen atoms in total. The van der Waals surface area contributed by atoms with Gasteiger partial charge in [-0.3, -0.25) is 4.79 Å². The van der Waals surface area contributed by atoms with Crippen molar-refractivity contribution >= 4 is 28.1 Å². The number of benzene rings is 1. The Morgan fingerprint density at radius 2 is 2.26 bits per heavy atom. The average molecular weight is 493 g/mol. The molecule has 1 amide bonds. The first-order valence-corrected chi connectivity index (χ1v) is 13.2. The lowest BCUT2D eigenvalue weighted by Gasteiger charge is -2.50. The molecule has 0 aliphatic heterocycles. The summed E-state index contributed by atoms with van der Waals surface area (Å²) >= 11 is 1.49. The van der Waals surface area contributed by atoms with Gasteiger partial charge in [-0.25, -0.2) is 4.98 Å². The van der Waals surface area contributed by atoms with Crippen molar-refractivity contribution in [1.82, 2.24) is 4.98 Å². The number of amides is 1. The summed E-state index contributed by atoms with van der Waals surface area (Å²) in [5, 5.41) is 27.8. The molecule has 0 saturated heterocycles. The molecule has 5 atom stereocenters. The van der Waals surface area contributed by atoms with Crippen molar-refractivity contribution in [2.45, 2.75) is 64.7 Å². The zero-order valence-corrected chi connectivity index (χ0v) is 21.3. The molecule has 2 saturated carbocycles. The summed E-state index contributed by atoms with van der Waals surface area (Å²) in [6.45, 7) is 4.31. The Morgan fingerprint density at radius 3 is 2.97 bits per heavy atom. The number of aromatic hydroxyl groups is 1. The molecule has 1 aromatic heterocycles. The minimum Gasteiger partial charge on any atom is -0.507 e. The van der Waals surface area contributed by atoms with E-state index in [4.69, 9.17) is 4.84 Å². The number of anilines is 1. The van der Waals surface area contributed by atoms with Gasteiger partial charge in [-0.15, -0.1) is 11.3 Å². The Morgan fingerprint density at radius 1 is 1.43 bits per heavy atom. The normalized spacial score (nSPS) is 30.2. The van der Waals surface area contributed by atoms with Gasteiger partial charge in [0.05, 0.1) is 11.3 Å². The number of nitrogens with zero attached hydrogens (tertiary/aromatic N) is 3. The Balaban J connectivity index is 1.40. The van der Waals surface area contributed by atoms with E-state index in [0.29, 0.717) is 40.8 Å². The van der Waals surface area contributed by atoms with Gasteiger partial charge in [-0.05, 0) is 92.4 Å². The molecule has 2 fully saturated rings. The number of aromatic nitrogens is 1. The monoisotopic (exact) mass is 492 g/mol. The van der Waals surface area contributed by atoms with Crippen molar-refractivity contribution in [2.24, 2.45) is 28.3 Å². The fourth-order valence-corrected chi connectivity index (χ4v) is 7.89. The first kappa shape index (κ1) is 23.8. The zero-order valence-electron chi connectivity index (χ0n) is 20.5. The van der Waals surface area contributed by atoms with Gasteiger partial charge in [-0.2, -0.15) is 5.26 Å². The average Bonchev–Trinajstić information content (AvgIpc) is 3.37. The van der Waals surface area contributed by atoms with Crippen LogP contribution in [0.1, 0.15) is 72.9 Å². The summed E-state index contributed by atoms with van der Waals surface area (Å²) in [6, 6.07) is 5.86. The van der Waals surface area contributed by atoms with Crippen molar-refractivity contribution in [3.8, 4) is 11.8 Å². The second-order valence-corrected chi connectivity index (χ2v) is 11.8. The number of thiazole rings is 1. The standard InChI is InChI=1S/C27H32N4O3S/c1-15-14-29-26(35-15)30-24(33)7-5-17-12-23(31-34-3)27(2)9-8-19-20(25(17)27)6-4-16-11-22(32)18(13-28)10-21(16)19/h10-11,14,17,19-20,25,32H,4-9,12H2,1-3H3,(H,29,30,33)/b31-23+/t17-,19?,20?,25?,27-/m1/s1. The number of phenols is 1. The second kappa shape index (κ2) is 9.27. The highest BCUT2D eigenvalue weighted by atomic mass is 32.1. The second-order valence-electron chi connectivity index (χ2n) is 10.5. The minimum absolute atomic E-state index is 0.00803. The van der Waals surface area contributed by atoms with E-state index in [1.165, 1.54) is 22.5 Å². The molecule has 35 heavy (non-hydrogen) atoms. The number of nitrogens with one attached hydrogen (secondary N) is 1. The van der Waals surface area contributed by atoms with Crippen LogP contribution in [0.15, 0.2) is 23.5 Å². The number of nitriles is 1. The molecule has 3 aliphatic rings. The summed E-state index contributed by atoms with van der Waals surface area (Å²) in [6.07, 6.45) is 7.86. The SMILES string of the molecule is CO/N=C1\C[C@@H](CCC(=O)Nc2ncc(C)s2)C2C3CCc4cc(O)c(C#N)cc4C3CC[C@]12C. The molecule has 184 valence electrons. The van der Waals surface area contributed by atoms with Crippen LogP contribution in [0, 0.1) is 41.4 Å². The molecule has 2 aromatic rings. The van der Waals surface area contributed by atoms with E-state index < -0.39 is 0 Å². The Kier molecular flexibility index (Phi) is 6.30. The lowest BCUT2D eigenvalue weighted by atomic mass is 9.54. The Bertz CT molecular complexity index is 1220. The van der Waals surface area contributed by atoms with E-state index in [1.807, 2.05) is 13.0 Å². The molecule has 0 bridgehead atoms.